The molecule has 2 atom stereocenters. The van der Waals surface area contributed by atoms with E-state index in [1.165, 1.54) is 6.42 Å². The Balaban J connectivity index is 2.09. The number of carboxylic acids is 1. The molecule has 0 aliphatic carbocycles. The van der Waals surface area contributed by atoms with E-state index in [2.05, 4.69) is 0 Å². The molecule has 1 aliphatic rings. The average molecular weight is 202 g/mol. The summed E-state index contributed by atoms with van der Waals surface area (Å²) in [6.07, 6.45) is 3.34. The van der Waals surface area contributed by atoms with E-state index < -0.39 is 5.97 Å². The van der Waals surface area contributed by atoms with Crippen molar-refractivity contribution in [3.05, 3.63) is 0 Å². The normalized spacial score (nSPS) is 24.5. The van der Waals surface area contributed by atoms with E-state index in [1.807, 2.05) is 0 Å². The average Bonchev–Trinajstić information content (AvgIpc) is 2.15. The molecule has 1 heterocycles. The molecule has 1 saturated heterocycles. The van der Waals surface area contributed by atoms with Crippen LogP contribution in [0, 0.1) is 0 Å². The van der Waals surface area contributed by atoms with Crippen molar-refractivity contribution in [1.82, 2.24) is 0 Å². The van der Waals surface area contributed by atoms with E-state index in [1.54, 1.807) is 6.92 Å². The maximum atomic E-state index is 10.3. The Bertz CT molecular complexity index is 175. The summed E-state index contributed by atoms with van der Waals surface area (Å²) < 4.78 is 10.8. The molecule has 1 rings (SSSR count). The topological polar surface area (TPSA) is 55.8 Å². The SMILES string of the molecule is C[C@@H](CC(=O)O)OCC1CCCCO1. The number of hydrogen-bond acceptors (Lipinski definition) is 3. The van der Waals surface area contributed by atoms with Crippen LogP contribution in [0.4, 0.5) is 0 Å². The van der Waals surface area contributed by atoms with Gasteiger partial charge in [-0.25, -0.2) is 0 Å². The van der Waals surface area contributed by atoms with Crippen LogP contribution in [0.5, 0.6) is 0 Å². The molecular formula is C10H18O4. The monoisotopic (exact) mass is 202 g/mol. The summed E-state index contributed by atoms with van der Waals surface area (Å²) in [6, 6.07) is 0. The third kappa shape index (κ3) is 4.58. The summed E-state index contributed by atoms with van der Waals surface area (Å²) in [5, 5.41) is 8.51. The molecular weight excluding hydrogens is 184 g/mol. The lowest BCUT2D eigenvalue weighted by atomic mass is 10.1. The fourth-order valence-electron chi connectivity index (χ4n) is 1.52. The van der Waals surface area contributed by atoms with E-state index in [4.69, 9.17) is 14.6 Å². The highest BCUT2D eigenvalue weighted by atomic mass is 16.5. The number of carboxylic acid groups (broad SMARTS) is 1. The fourth-order valence-corrected chi connectivity index (χ4v) is 1.52. The van der Waals surface area contributed by atoms with E-state index in [9.17, 15) is 4.79 Å². The highest BCUT2D eigenvalue weighted by molar-refractivity contribution is 5.67. The summed E-state index contributed by atoms with van der Waals surface area (Å²) in [4.78, 5) is 10.3. The molecule has 82 valence electrons. The molecule has 0 radical (unpaired) electrons. The van der Waals surface area contributed by atoms with Crippen molar-refractivity contribution in [2.75, 3.05) is 13.2 Å². The molecule has 1 fully saturated rings. The van der Waals surface area contributed by atoms with Crippen LogP contribution in [-0.2, 0) is 14.3 Å². The number of carbonyl (C=O) groups is 1. The zero-order valence-corrected chi connectivity index (χ0v) is 8.57. The number of aliphatic carboxylic acids is 1. The lowest BCUT2D eigenvalue weighted by Gasteiger charge is -2.23. The molecule has 0 aromatic carbocycles. The highest BCUT2D eigenvalue weighted by Crippen LogP contribution is 2.13. The Kier molecular flexibility index (Phi) is 4.90. The van der Waals surface area contributed by atoms with Crippen LogP contribution < -0.4 is 0 Å². The summed E-state index contributed by atoms with van der Waals surface area (Å²) in [5.74, 6) is -0.818. The molecule has 1 unspecified atom stereocenters. The molecule has 4 nitrogen and oxygen atoms in total. The molecule has 0 bridgehead atoms. The summed E-state index contributed by atoms with van der Waals surface area (Å²) >= 11 is 0. The largest absolute Gasteiger partial charge is 0.481 e. The molecule has 0 aromatic rings. The van der Waals surface area contributed by atoms with Crippen LogP contribution in [0.3, 0.4) is 0 Å². The number of ether oxygens (including phenoxy) is 2. The van der Waals surface area contributed by atoms with Crippen LogP contribution in [0.2, 0.25) is 0 Å². The minimum absolute atomic E-state index is 0.0622. The van der Waals surface area contributed by atoms with E-state index >= 15 is 0 Å². The van der Waals surface area contributed by atoms with Gasteiger partial charge in [-0.15, -0.1) is 0 Å². The van der Waals surface area contributed by atoms with Crippen molar-refractivity contribution in [3.63, 3.8) is 0 Å². The second-order valence-corrected chi connectivity index (χ2v) is 3.73. The Morgan fingerprint density at radius 3 is 3.00 bits per heavy atom. The predicted molar refractivity (Wildman–Crippen MR) is 51.3 cm³/mol. The van der Waals surface area contributed by atoms with Crippen molar-refractivity contribution < 1.29 is 19.4 Å². The van der Waals surface area contributed by atoms with Gasteiger partial charge in [0.25, 0.3) is 0 Å². The number of hydrogen-bond donors (Lipinski definition) is 1. The quantitative estimate of drug-likeness (QED) is 0.732. The minimum atomic E-state index is -0.818. The molecule has 1 aliphatic heterocycles. The first-order valence-electron chi connectivity index (χ1n) is 5.13. The predicted octanol–water partition coefficient (Wildman–Crippen LogP) is 1.44. The summed E-state index contributed by atoms with van der Waals surface area (Å²) in [5.41, 5.74) is 0. The molecule has 14 heavy (non-hydrogen) atoms. The molecule has 0 spiro atoms. The van der Waals surface area contributed by atoms with Crippen molar-refractivity contribution in [3.8, 4) is 0 Å². The maximum absolute atomic E-state index is 10.3. The van der Waals surface area contributed by atoms with Crippen molar-refractivity contribution in [2.24, 2.45) is 0 Å². The second kappa shape index (κ2) is 5.98. The first-order chi connectivity index (χ1) is 6.68. The standard InChI is InChI=1S/C10H18O4/c1-8(6-10(11)12)14-7-9-4-2-3-5-13-9/h8-9H,2-7H2,1H3,(H,11,12)/t8-,9?/m0/s1. The Labute approximate surface area is 84.2 Å². The van der Waals surface area contributed by atoms with Crippen LogP contribution in [0.25, 0.3) is 0 Å². The zero-order valence-electron chi connectivity index (χ0n) is 8.57. The van der Waals surface area contributed by atoms with Gasteiger partial charge in [-0.3, -0.25) is 4.79 Å². The van der Waals surface area contributed by atoms with E-state index in [0.29, 0.717) is 6.61 Å². The van der Waals surface area contributed by atoms with Crippen LogP contribution in [-0.4, -0.2) is 36.5 Å². The van der Waals surface area contributed by atoms with E-state index in [-0.39, 0.29) is 18.6 Å². The van der Waals surface area contributed by atoms with Crippen LogP contribution >= 0.6 is 0 Å². The van der Waals surface area contributed by atoms with Crippen LogP contribution in [0.15, 0.2) is 0 Å². The first kappa shape index (κ1) is 11.5. The number of rotatable bonds is 5. The molecule has 0 saturated carbocycles. The fraction of sp³-hybridized carbons (Fsp3) is 0.900. The van der Waals surface area contributed by atoms with Crippen molar-refractivity contribution >= 4 is 5.97 Å². The van der Waals surface area contributed by atoms with Gasteiger partial charge in [-0.1, -0.05) is 0 Å². The van der Waals surface area contributed by atoms with Crippen molar-refractivity contribution in [2.45, 2.75) is 44.8 Å². The smallest absolute Gasteiger partial charge is 0.305 e. The van der Waals surface area contributed by atoms with Gasteiger partial charge in [-0.05, 0) is 26.2 Å². The van der Waals surface area contributed by atoms with Gasteiger partial charge < -0.3 is 14.6 Å². The maximum Gasteiger partial charge on any atom is 0.305 e. The third-order valence-electron chi connectivity index (χ3n) is 2.30. The van der Waals surface area contributed by atoms with Gasteiger partial charge in [0, 0.05) is 6.61 Å². The second-order valence-electron chi connectivity index (χ2n) is 3.73. The Hall–Kier alpha value is -0.610. The molecule has 0 aromatic heterocycles. The van der Waals surface area contributed by atoms with Gasteiger partial charge in [0.1, 0.15) is 0 Å². The van der Waals surface area contributed by atoms with Gasteiger partial charge in [-0.2, -0.15) is 0 Å². The summed E-state index contributed by atoms with van der Waals surface area (Å²) in [6.45, 7) is 3.10. The van der Waals surface area contributed by atoms with Crippen molar-refractivity contribution in [1.29, 1.82) is 0 Å². The Morgan fingerprint density at radius 2 is 2.43 bits per heavy atom. The molecule has 4 heteroatoms. The third-order valence-corrected chi connectivity index (χ3v) is 2.30. The Morgan fingerprint density at radius 1 is 1.64 bits per heavy atom. The van der Waals surface area contributed by atoms with E-state index in [0.717, 1.165) is 19.4 Å². The summed E-state index contributed by atoms with van der Waals surface area (Å²) in [7, 11) is 0. The molecule has 1 N–H and O–H groups in total. The van der Waals surface area contributed by atoms with Gasteiger partial charge in [0.15, 0.2) is 0 Å². The lowest BCUT2D eigenvalue weighted by molar-refractivity contribution is -0.141. The zero-order chi connectivity index (χ0) is 10.4. The van der Waals surface area contributed by atoms with Gasteiger partial charge in [0.05, 0.1) is 25.2 Å². The van der Waals surface area contributed by atoms with Crippen LogP contribution in [0.1, 0.15) is 32.6 Å². The molecule has 0 amide bonds. The lowest BCUT2D eigenvalue weighted by Crippen LogP contribution is -2.27. The minimum Gasteiger partial charge on any atom is -0.481 e. The highest BCUT2D eigenvalue weighted by Gasteiger charge is 2.16. The van der Waals surface area contributed by atoms with Gasteiger partial charge >= 0.3 is 5.97 Å². The first-order valence-corrected chi connectivity index (χ1v) is 5.13. The van der Waals surface area contributed by atoms with Gasteiger partial charge in [0.2, 0.25) is 0 Å².